The minimum Gasteiger partial charge on any atom is -0.376 e. The molecule has 3 N–H and O–H groups in total. The van der Waals surface area contributed by atoms with E-state index in [-0.39, 0.29) is 24.1 Å². The standard InChI is InChI=1S/C18H21N3O2S/c1-13-8-9-16(14(2)10-13)19-11-17(22)20-21-18(23)12-24-15-6-4-3-5-7-15/h3-10,19H,11-12H2,1-2H3,(H,20,22)(H,21,23). The summed E-state index contributed by atoms with van der Waals surface area (Å²) >= 11 is 1.41. The molecule has 2 rings (SSSR count). The average molecular weight is 343 g/mol. The Balaban J connectivity index is 1.68. The van der Waals surface area contributed by atoms with Crippen LogP contribution in [0, 0.1) is 13.8 Å². The lowest BCUT2D eigenvalue weighted by Gasteiger charge is -2.11. The quantitative estimate of drug-likeness (QED) is 0.557. The molecular formula is C18H21N3O2S. The Morgan fingerprint density at radius 2 is 1.67 bits per heavy atom. The first-order valence-electron chi connectivity index (χ1n) is 7.61. The maximum atomic E-state index is 11.8. The number of nitrogens with one attached hydrogen (secondary N) is 3. The van der Waals surface area contributed by atoms with Gasteiger partial charge in [-0.3, -0.25) is 20.4 Å². The number of carbonyl (C=O) groups excluding carboxylic acids is 2. The van der Waals surface area contributed by atoms with E-state index in [4.69, 9.17) is 0 Å². The van der Waals surface area contributed by atoms with Crippen LogP contribution < -0.4 is 16.2 Å². The van der Waals surface area contributed by atoms with E-state index in [0.717, 1.165) is 16.1 Å². The molecule has 2 aromatic rings. The van der Waals surface area contributed by atoms with Gasteiger partial charge in [0, 0.05) is 10.6 Å². The molecule has 0 aliphatic carbocycles. The molecule has 6 heteroatoms. The van der Waals surface area contributed by atoms with Crippen LogP contribution >= 0.6 is 11.8 Å². The van der Waals surface area contributed by atoms with Crippen LogP contribution in [0.1, 0.15) is 11.1 Å². The summed E-state index contributed by atoms with van der Waals surface area (Å²) in [6.45, 7) is 4.10. The molecule has 0 aromatic heterocycles. The van der Waals surface area contributed by atoms with Crippen LogP contribution in [0.5, 0.6) is 0 Å². The van der Waals surface area contributed by atoms with E-state index in [0.29, 0.717) is 0 Å². The van der Waals surface area contributed by atoms with Crippen molar-refractivity contribution in [2.75, 3.05) is 17.6 Å². The van der Waals surface area contributed by atoms with Gasteiger partial charge < -0.3 is 5.32 Å². The molecule has 0 heterocycles. The third kappa shape index (κ3) is 5.96. The van der Waals surface area contributed by atoms with Crippen molar-refractivity contribution >= 4 is 29.3 Å². The molecule has 24 heavy (non-hydrogen) atoms. The summed E-state index contributed by atoms with van der Waals surface area (Å²) in [6.07, 6.45) is 0. The minimum absolute atomic E-state index is 0.0933. The van der Waals surface area contributed by atoms with Crippen LogP contribution in [-0.4, -0.2) is 24.1 Å². The van der Waals surface area contributed by atoms with Crippen molar-refractivity contribution in [3.8, 4) is 0 Å². The normalized spacial score (nSPS) is 10.1. The molecule has 0 atom stereocenters. The molecule has 0 aliphatic rings. The highest BCUT2D eigenvalue weighted by molar-refractivity contribution is 8.00. The van der Waals surface area contributed by atoms with Gasteiger partial charge in [0.25, 0.3) is 5.91 Å². The van der Waals surface area contributed by atoms with Crippen LogP contribution in [0.15, 0.2) is 53.4 Å². The summed E-state index contributed by atoms with van der Waals surface area (Å²) in [5, 5.41) is 3.05. The summed E-state index contributed by atoms with van der Waals surface area (Å²) in [5.74, 6) is -0.300. The van der Waals surface area contributed by atoms with E-state index >= 15 is 0 Å². The first-order chi connectivity index (χ1) is 11.5. The second-order valence-electron chi connectivity index (χ2n) is 5.37. The van der Waals surface area contributed by atoms with Crippen LogP contribution in [0.4, 0.5) is 5.69 Å². The van der Waals surface area contributed by atoms with Crippen molar-refractivity contribution < 1.29 is 9.59 Å². The second kappa shape index (κ2) is 8.98. The van der Waals surface area contributed by atoms with E-state index in [2.05, 4.69) is 16.2 Å². The number of aryl methyl sites for hydroxylation is 2. The number of amides is 2. The molecule has 2 amide bonds. The largest absolute Gasteiger partial charge is 0.376 e. The third-order valence-corrected chi connectivity index (χ3v) is 4.29. The van der Waals surface area contributed by atoms with Gasteiger partial charge in [0.05, 0.1) is 12.3 Å². The third-order valence-electron chi connectivity index (χ3n) is 3.28. The minimum atomic E-state index is -0.298. The number of carbonyl (C=O) groups is 2. The highest BCUT2D eigenvalue weighted by Crippen LogP contribution is 2.16. The van der Waals surface area contributed by atoms with Gasteiger partial charge in [-0.1, -0.05) is 35.9 Å². The fourth-order valence-corrected chi connectivity index (χ4v) is 2.79. The Kier molecular flexibility index (Phi) is 6.69. The maximum Gasteiger partial charge on any atom is 0.257 e. The molecule has 0 bridgehead atoms. The molecule has 0 saturated carbocycles. The predicted octanol–water partition coefficient (Wildman–Crippen LogP) is 2.66. The monoisotopic (exact) mass is 343 g/mol. The van der Waals surface area contributed by atoms with Crippen LogP contribution in [0.25, 0.3) is 0 Å². The number of hydrogen-bond donors (Lipinski definition) is 3. The van der Waals surface area contributed by atoms with E-state index in [1.54, 1.807) is 0 Å². The Labute approximate surface area is 146 Å². The van der Waals surface area contributed by atoms with Crippen LogP contribution in [-0.2, 0) is 9.59 Å². The molecule has 0 unspecified atom stereocenters. The molecule has 0 saturated heterocycles. The van der Waals surface area contributed by atoms with Gasteiger partial charge in [-0.05, 0) is 37.6 Å². The lowest BCUT2D eigenvalue weighted by molar-refractivity contribution is -0.126. The maximum absolute atomic E-state index is 11.8. The van der Waals surface area contributed by atoms with E-state index < -0.39 is 0 Å². The van der Waals surface area contributed by atoms with Gasteiger partial charge >= 0.3 is 0 Å². The van der Waals surface area contributed by atoms with E-state index in [1.165, 1.54) is 17.3 Å². The number of rotatable bonds is 6. The zero-order valence-electron chi connectivity index (χ0n) is 13.8. The van der Waals surface area contributed by atoms with Gasteiger partial charge in [-0.2, -0.15) is 0 Å². The number of thioether (sulfide) groups is 1. The summed E-state index contributed by atoms with van der Waals surface area (Å²) < 4.78 is 0. The highest BCUT2D eigenvalue weighted by Gasteiger charge is 2.06. The Morgan fingerprint density at radius 3 is 2.38 bits per heavy atom. The van der Waals surface area contributed by atoms with Crippen molar-refractivity contribution in [2.24, 2.45) is 0 Å². The molecule has 126 valence electrons. The number of anilines is 1. The molecule has 0 spiro atoms. The fourth-order valence-electron chi connectivity index (χ4n) is 2.07. The van der Waals surface area contributed by atoms with Crippen molar-refractivity contribution in [1.29, 1.82) is 0 Å². The van der Waals surface area contributed by atoms with Crippen molar-refractivity contribution in [3.05, 3.63) is 59.7 Å². The van der Waals surface area contributed by atoms with Gasteiger partial charge in [0.15, 0.2) is 0 Å². The van der Waals surface area contributed by atoms with Crippen molar-refractivity contribution in [2.45, 2.75) is 18.7 Å². The van der Waals surface area contributed by atoms with E-state index in [1.807, 2.05) is 62.4 Å². The number of benzene rings is 2. The highest BCUT2D eigenvalue weighted by atomic mass is 32.2. The smallest absolute Gasteiger partial charge is 0.257 e. The Hall–Kier alpha value is -2.47. The topological polar surface area (TPSA) is 70.2 Å². The van der Waals surface area contributed by atoms with Crippen molar-refractivity contribution in [1.82, 2.24) is 10.9 Å². The zero-order valence-corrected chi connectivity index (χ0v) is 14.6. The molecule has 2 aromatic carbocycles. The predicted molar refractivity (Wildman–Crippen MR) is 97.9 cm³/mol. The average Bonchev–Trinajstić information content (AvgIpc) is 2.58. The fraction of sp³-hybridized carbons (Fsp3) is 0.222. The molecule has 0 fully saturated rings. The molecule has 0 aliphatic heterocycles. The summed E-state index contributed by atoms with van der Waals surface area (Å²) in [6, 6.07) is 15.6. The summed E-state index contributed by atoms with van der Waals surface area (Å²) in [7, 11) is 0. The molecule has 0 radical (unpaired) electrons. The number of hydrazine groups is 1. The van der Waals surface area contributed by atoms with Crippen LogP contribution in [0.2, 0.25) is 0 Å². The molecular weight excluding hydrogens is 322 g/mol. The lowest BCUT2D eigenvalue weighted by Crippen LogP contribution is -2.44. The first-order valence-corrected chi connectivity index (χ1v) is 8.60. The van der Waals surface area contributed by atoms with Gasteiger partial charge in [0.1, 0.15) is 0 Å². The van der Waals surface area contributed by atoms with Gasteiger partial charge in [-0.25, -0.2) is 0 Å². The van der Waals surface area contributed by atoms with Crippen molar-refractivity contribution in [3.63, 3.8) is 0 Å². The Bertz CT molecular complexity index is 705. The Morgan fingerprint density at radius 1 is 0.958 bits per heavy atom. The number of hydrogen-bond acceptors (Lipinski definition) is 4. The summed E-state index contributed by atoms with van der Waals surface area (Å²) in [5.41, 5.74) is 7.97. The summed E-state index contributed by atoms with van der Waals surface area (Å²) in [4.78, 5) is 24.5. The first kappa shape index (κ1) is 17.9. The van der Waals surface area contributed by atoms with E-state index in [9.17, 15) is 9.59 Å². The SMILES string of the molecule is Cc1ccc(NCC(=O)NNC(=O)CSc2ccccc2)c(C)c1. The zero-order chi connectivity index (χ0) is 17.4. The van der Waals surface area contributed by atoms with Crippen LogP contribution in [0.3, 0.4) is 0 Å². The molecule has 5 nitrogen and oxygen atoms in total. The van der Waals surface area contributed by atoms with Gasteiger partial charge in [-0.15, -0.1) is 11.8 Å². The van der Waals surface area contributed by atoms with Gasteiger partial charge in [0.2, 0.25) is 5.91 Å². The second-order valence-corrected chi connectivity index (χ2v) is 6.42. The lowest BCUT2D eigenvalue weighted by atomic mass is 10.1.